The topological polar surface area (TPSA) is 96.6 Å². The van der Waals surface area contributed by atoms with Crippen LogP contribution in [0.15, 0.2) is 34.3 Å². The van der Waals surface area contributed by atoms with Crippen molar-refractivity contribution in [3.05, 3.63) is 57.3 Å². The van der Waals surface area contributed by atoms with Crippen LogP contribution in [-0.2, 0) is 0 Å². The first-order valence-corrected chi connectivity index (χ1v) is 8.13. The highest BCUT2D eigenvalue weighted by Gasteiger charge is 2.26. The molecule has 2 N–H and O–H groups in total. The molecule has 0 bridgehead atoms. The number of hydrogen-bond donors (Lipinski definition) is 2. The summed E-state index contributed by atoms with van der Waals surface area (Å²) in [6.07, 6.45) is 2.48. The van der Waals surface area contributed by atoms with Crippen LogP contribution in [0.2, 0.25) is 0 Å². The zero-order chi connectivity index (χ0) is 18.1. The number of anilines is 1. The number of aryl methyl sites for hydroxylation is 2. The fourth-order valence-corrected chi connectivity index (χ4v) is 2.87. The molecule has 1 atom stereocenters. The molecule has 7 heteroatoms. The zero-order valence-electron chi connectivity index (χ0n) is 14.4. The van der Waals surface area contributed by atoms with Gasteiger partial charge in [-0.25, -0.2) is 9.78 Å². The number of carbonyl (C=O) groups is 1. The molecular formula is C18H20N4O3. The Morgan fingerprint density at radius 3 is 2.80 bits per heavy atom. The van der Waals surface area contributed by atoms with Gasteiger partial charge in [0, 0.05) is 12.2 Å². The van der Waals surface area contributed by atoms with Crippen LogP contribution in [0, 0.1) is 13.8 Å². The number of nitrogens with one attached hydrogen (secondary N) is 1. The molecule has 0 saturated heterocycles. The van der Waals surface area contributed by atoms with E-state index in [1.807, 2.05) is 39.0 Å². The number of benzene rings is 1. The fraction of sp³-hybridized carbons (Fsp3) is 0.333. The number of carboxylic acid groups (broad SMARTS) is 1. The van der Waals surface area contributed by atoms with Crippen molar-refractivity contribution >= 4 is 17.4 Å². The number of carboxylic acids is 1. The monoisotopic (exact) mass is 340 g/mol. The van der Waals surface area contributed by atoms with Crippen molar-refractivity contribution in [3.8, 4) is 0 Å². The summed E-state index contributed by atoms with van der Waals surface area (Å²) in [6.45, 7) is 5.95. The molecule has 25 heavy (non-hydrogen) atoms. The van der Waals surface area contributed by atoms with Crippen molar-refractivity contribution in [2.24, 2.45) is 5.10 Å². The molecule has 1 unspecified atom stereocenters. The quantitative estimate of drug-likeness (QED) is 0.838. The zero-order valence-corrected chi connectivity index (χ0v) is 14.4. The van der Waals surface area contributed by atoms with E-state index >= 15 is 0 Å². The third-order valence-corrected chi connectivity index (χ3v) is 4.55. The second-order valence-corrected chi connectivity index (χ2v) is 6.33. The Labute approximate surface area is 145 Å². The Bertz CT molecular complexity index is 930. The van der Waals surface area contributed by atoms with Crippen molar-refractivity contribution in [3.63, 3.8) is 0 Å². The molecule has 0 saturated carbocycles. The summed E-state index contributed by atoms with van der Waals surface area (Å²) in [6, 6.07) is 5.83. The van der Waals surface area contributed by atoms with E-state index in [0.29, 0.717) is 24.4 Å². The van der Waals surface area contributed by atoms with Crippen LogP contribution in [0.1, 0.15) is 53.1 Å². The van der Waals surface area contributed by atoms with Crippen LogP contribution in [0.4, 0.5) is 5.69 Å². The predicted molar refractivity (Wildman–Crippen MR) is 95.5 cm³/mol. The molecule has 130 valence electrons. The van der Waals surface area contributed by atoms with Gasteiger partial charge in [0.2, 0.25) is 0 Å². The van der Waals surface area contributed by atoms with E-state index in [0.717, 1.165) is 17.4 Å². The van der Waals surface area contributed by atoms with Gasteiger partial charge in [0.1, 0.15) is 11.3 Å². The van der Waals surface area contributed by atoms with E-state index in [1.165, 1.54) is 10.1 Å². The Morgan fingerprint density at radius 1 is 1.36 bits per heavy atom. The van der Waals surface area contributed by atoms with Gasteiger partial charge >= 0.3 is 5.97 Å². The number of rotatable bonds is 3. The predicted octanol–water partition coefficient (Wildman–Crippen LogP) is 2.73. The second-order valence-electron chi connectivity index (χ2n) is 6.33. The maximum Gasteiger partial charge on any atom is 0.342 e. The van der Waals surface area contributed by atoms with E-state index < -0.39 is 11.5 Å². The second kappa shape index (κ2) is 6.51. The highest BCUT2D eigenvalue weighted by Crippen LogP contribution is 2.22. The van der Waals surface area contributed by atoms with Crippen LogP contribution in [0.3, 0.4) is 0 Å². The van der Waals surface area contributed by atoms with Gasteiger partial charge in [-0.15, -0.1) is 0 Å². The van der Waals surface area contributed by atoms with Crippen LogP contribution in [0.5, 0.6) is 0 Å². The molecule has 0 radical (unpaired) electrons. The minimum atomic E-state index is -1.27. The Kier molecular flexibility index (Phi) is 4.39. The van der Waals surface area contributed by atoms with Gasteiger partial charge in [-0.2, -0.15) is 5.10 Å². The van der Waals surface area contributed by atoms with Crippen LogP contribution in [0.25, 0.3) is 0 Å². The standard InChI is InChI=1S/C18H20N4O3/c1-10-4-6-13(8-11(10)2)20-21-15-7-5-12(3)22-16(15)19-9-14(17(22)23)18(24)25/h4,6,8-9,12,20H,5,7H2,1-3H3,(H,24,25). The van der Waals surface area contributed by atoms with Gasteiger partial charge in [-0.3, -0.25) is 14.8 Å². The first kappa shape index (κ1) is 16.9. The first-order chi connectivity index (χ1) is 11.9. The molecule has 1 aromatic heterocycles. The van der Waals surface area contributed by atoms with Crippen LogP contribution < -0.4 is 11.0 Å². The Morgan fingerprint density at radius 2 is 2.12 bits per heavy atom. The number of aromatic nitrogens is 2. The third kappa shape index (κ3) is 3.17. The maximum atomic E-state index is 12.4. The lowest BCUT2D eigenvalue weighted by atomic mass is 10.0. The molecule has 1 aliphatic heterocycles. The third-order valence-electron chi connectivity index (χ3n) is 4.55. The molecule has 0 amide bonds. The minimum absolute atomic E-state index is 0.116. The van der Waals surface area contributed by atoms with Gasteiger partial charge < -0.3 is 5.11 Å². The van der Waals surface area contributed by atoms with Crippen molar-refractivity contribution in [1.29, 1.82) is 0 Å². The first-order valence-electron chi connectivity index (χ1n) is 8.13. The minimum Gasteiger partial charge on any atom is -0.477 e. The highest BCUT2D eigenvalue weighted by atomic mass is 16.4. The molecule has 3 rings (SSSR count). The lowest BCUT2D eigenvalue weighted by Gasteiger charge is -2.25. The van der Waals surface area contributed by atoms with Gasteiger partial charge in [0.15, 0.2) is 5.82 Å². The number of hydrogen-bond acceptors (Lipinski definition) is 5. The van der Waals surface area contributed by atoms with Crippen molar-refractivity contribution in [2.45, 2.75) is 39.7 Å². The van der Waals surface area contributed by atoms with Crippen LogP contribution >= 0.6 is 0 Å². The molecule has 0 spiro atoms. The average Bonchev–Trinajstić information content (AvgIpc) is 2.57. The lowest BCUT2D eigenvalue weighted by molar-refractivity contribution is 0.0693. The van der Waals surface area contributed by atoms with Gasteiger partial charge in [-0.05, 0) is 56.9 Å². The summed E-state index contributed by atoms with van der Waals surface area (Å²) in [5.41, 5.74) is 6.00. The number of fused-ring (bicyclic) bond motifs is 1. The summed E-state index contributed by atoms with van der Waals surface area (Å²) in [4.78, 5) is 27.8. The fourth-order valence-electron chi connectivity index (χ4n) is 2.87. The van der Waals surface area contributed by atoms with E-state index in [4.69, 9.17) is 5.11 Å². The normalized spacial score (nSPS) is 18.0. The molecular weight excluding hydrogens is 320 g/mol. The van der Waals surface area contributed by atoms with E-state index in [2.05, 4.69) is 15.5 Å². The molecule has 7 nitrogen and oxygen atoms in total. The molecule has 0 aliphatic carbocycles. The highest BCUT2D eigenvalue weighted by molar-refractivity contribution is 5.99. The van der Waals surface area contributed by atoms with Crippen molar-refractivity contribution < 1.29 is 9.90 Å². The Hall–Kier alpha value is -2.96. The molecule has 1 aromatic carbocycles. The summed E-state index contributed by atoms with van der Waals surface area (Å²) in [5, 5.41) is 13.5. The number of aromatic carboxylic acids is 1. The van der Waals surface area contributed by atoms with E-state index in [-0.39, 0.29) is 11.6 Å². The van der Waals surface area contributed by atoms with E-state index in [9.17, 15) is 9.59 Å². The van der Waals surface area contributed by atoms with E-state index in [1.54, 1.807) is 0 Å². The molecule has 0 fully saturated rings. The smallest absolute Gasteiger partial charge is 0.342 e. The number of hydrazone groups is 1. The summed E-state index contributed by atoms with van der Waals surface area (Å²) < 4.78 is 1.42. The molecule has 2 aromatic rings. The molecule has 1 aliphatic rings. The van der Waals surface area contributed by atoms with Crippen molar-refractivity contribution in [2.75, 3.05) is 5.43 Å². The SMILES string of the molecule is Cc1ccc(NN=C2CCC(C)n3c2ncc(C(=O)O)c3=O)cc1C. The van der Waals surface area contributed by atoms with Crippen LogP contribution in [-0.4, -0.2) is 26.3 Å². The number of nitrogens with zero attached hydrogens (tertiary/aromatic N) is 3. The summed E-state index contributed by atoms with van der Waals surface area (Å²) in [7, 11) is 0. The summed E-state index contributed by atoms with van der Waals surface area (Å²) in [5.74, 6) is -0.845. The average molecular weight is 340 g/mol. The van der Waals surface area contributed by atoms with Gasteiger partial charge in [0.05, 0.1) is 5.69 Å². The Balaban J connectivity index is 1.99. The summed E-state index contributed by atoms with van der Waals surface area (Å²) >= 11 is 0. The van der Waals surface area contributed by atoms with Crippen molar-refractivity contribution in [1.82, 2.24) is 9.55 Å². The van der Waals surface area contributed by atoms with Gasteiger partial charge in [0.25, 0.3) is 5.56 Å². The molecule has 2 heterocycles. The lowest BCUT2D eigenvalue weighted by Crippen LogP contribution is -2.37. The largest absolute Gasteiger partial charge is 0.477 e. The maximum absolute atomic E-state index is 12.4. The van der Waals surface area contributed by atoms with Gasteiger partial charge in [-0.1, -0.05) is 6.07 Å².